The van der Waals surface area contributed by atoms with Gasteiger partial charge in [-0.25, -0.2) is 9.18 Å². The number of alkyl halides is 3. The van der Waals surface area contributed by atoms with E-state index >= 15 is 0 Å². The van der Waals surface area contributed by atoms with Gasteiger partial charge in [0.15, 0.2) is 0 Å². The van der Waals surface area contributed by atoms with E-state index in [1.807, 2.05) is 27.7 Å². The van der Waals surface area contributed by atoms with E-state index in [0.29, 0.717) is 11.0 Å². The van der Waals surface area contributed by atoms with Gasteiger partial charge in [0.05, 0.1) is 16.9 Å². The number of hydrogen-bond acceptors (Lipinski definition) is 3. The predicted molar refractivity (Wildman–Crippen MR) is 106 cm³/mol. The molecule has 5 nitrogen and oxygen atoms in total. The molecule has 2 fully saturated rings. The Labute approximate surface area is 174 Å². The molecule has 2 saturated heterocycles. The number of anilines is 1. The molecule has 0 saturated carbocycles. The van der Waals surface area contributed by atoms with Crippen molar-refractivity contribution in [2.75, 3.05) is 18.4 Å². The van der Waals surface area contributed by atoms with E-state index in [0.717, 1.165) is 0 Å². The average Bonchev–Trinajstić information content (AvgIpc) is 3.10. The number of aryl methyl sites for hydroxylation is 1. The number of likely N-dealkylation sites (tertiary alicyclic amines) is 1. The monoisotopic (exact) mass is 430 g/mol. The third kappa shape index (κ3) is 4.75. The molecule has 0 bridgehead atoms. The van der Waals surface area contributed by atoms with Gasteiger partial charge in [-0.1, -0.05) is 0 Å². The number of urea groups is 1. The second-order valence-corrected chi connectivity index (χ2v) is 9.13. The zero-order chi connectivity index (χ0) is 22.5. The zero-order valence-corrected chi connectivity index (χ0v) is 17.8. The van der Waals surface area contributed by atoms with Crippen LogP contribution in [0.5, 0.6) is 0 Å². The topological polar surface area (TPSA) is 50.8 Å². The summed E-state index contributed by atoms with van der Waals surface area (Å²) in [5, 5.41) is 2.49. The number of nitrogens with one attached hydrogen (secondary N) is 1. The van der Waals surface area contributed by atoms with Crippen LogP contribution in [0.3, 0.4) is 0 Å². The second-order valence-electron chi connectivity index (χ2n) is 9.13. The Balaban J connectivity index is 1.73. The summed E-state index contributed by atoms with van der Waals surface area (Å²) >= 11 is 0. The first-order valence-corrected chi connectivity index (χ1v) is 9.97. The number of halogens is 4. The Bertz CT molecular complexity index is 813. The van der Waals surface area contributed by atoms with Gasteiger partial charge in [0.25, 0.3) is 0 Å². The maximum atomic E-state index is 14.5. The fourth-order valence-electron chi connectivity index (χ4n) is 3.71. The Morgan fingerprint density at radius 2 is 1.83 bits per heavy atom. The van der Waals surface area contributed by atoms with Crippen molar-refractivity contribution in [3.8, 4) is 0 Å². The van der Waals surface area contributed by atoms with E-state index in [-0.39, 0.29) is 25.2 Å². The maximum absolute atomic E-state index is 14.5. The molecule has 166 valence electrons. The average molecular weight is 430 g/mol. The fraction of sp³-hybridized carbons (Fsp3) is 0.650. The van der Waals surface area contributed by atoms with Gasteiger partial charge in [0.2, 0.25) is 0 Å². The van der Waals surface area contributed by atoms with Gasteiger partial charge >= 0.3 is 19.3 Å². The molecule has 0 aromatic heterocycles. The lowest BCUT2D eigenvalue weighted by Gasteiger charge is -2.32. The van der Waals surface area contributed by atoms with Crippen LogP contribution in [0.15, 0.2) is 12.1 Å². The molecule has 1 aromatic rings. The van der Waals surface area contributed by atoms with Crippen molar-refractivity contribution >= 4 is 24.3 Å². The first-order valence-electron chi connectivity index (χ1n) is 9.97. The van der Waals surface area contributed by atoms with E-state index in [1.54, 1.807) is 6.92 Å². The Morgan fingerprint density at radius 1 is 1.23 bits per heavy atom. The largest absolute Gasteiger partial charge is 0.495 e. The Hall–Kier alpha value is -1.81. The molecule has 0 spiro atoms. The van der Waals surface area contributed by atoms with Gasteiger partial charge < -0.3 is 19.5 Å². The number of benzene rings is 1. The van der Waals surface area contributed by atoms with E-state index in [9.17, 15) is 22.4 Å². The number of nitrogens with zero attached hydrogens (tertiary/aromatic N) is 1. The van der Waals surface area contributed by atoms with Crippen LogP contribution in [0, 0.1) is 18.7 Å². The van der Waals surface area contributed by atoms with Gasteiger partial charge in [-0.3, -0.25) is 0 Å². The molecule has 10 heteroatoms. The summed E-state index contributed by atoms with van der Waals surface area (Å²) in [4.78, 5) is 13.8. The van der Waals surface area contributed by atoms with Crippen molar-refractivity contribution in [1.82, 2.24) is 4.90 Å². The first kappa shape index (κ1) is 22.9. The summed E-state index contributed by atoms with van der Waals surface area (Å²) in [5.41, 5.74) is -0.0256. The maximum Gasteiger partial charge on any atom is 0.495 e. The fourth-order valence-corrected chi connectivity index (χ4v) is 3.71. The summed E-state index contributed by atoms with van der Waals surface area (Å²) < 4.78 is 64.3. The molecule has 0 radical (unpaired) electrons. The molecule has 0 aliphatic carbocycles. The lowest BCUT2D eigenvalue weighted by atomic mass is 9.76. The standard InChI is InChI=1S/C20H27BF4N2O3/c1-12-8-15(22)16(9-14(12)21-29-18(2,3)19(4,5)30-21)26-17(28)27-7-6-13(11-27)10-20(23,24)25/h8-9,13H,6-7,10-11H2,1-5H3,(H,26,28). The molecular weight excluding hydrogens is 403 g/mol. The third-order valence-corrected chi connectivity index (χ3v) is 6.20. The van der Waals surface area contributed by atoms with Gasteiger partial charge in [-0.05, 0) is 70.1 Å². The molecule has 30 heavy (non-hydrogen) atoms. The highest BCUT2D eigenvalue weighted by Gasteiger charge is 2.52. The van der Waals surface area contributed by atoms with Crippen LogP contribution in [0.1, 0.15) is 46.1 Å². The SMILES string of the molecule is Cc1cc(F)c(NC(=O)N2CCC(CC(F)(F)F)C2)cc1B1OC(C)(C)C(C)(C)O1. The smallest absolute Gasteiger partial charge is 0.399 e. The zero-order valence-electron chi connectivity index (χ0n) is 17.8. The van der Waals surface area contributed by atoms with Crippen molar-refractivity contribution in [2.24, 2.45) is 5.92 Å². The van der Waals surface area contributed by atoms with Crippen molar-refractivity contribution < 1.29 is 31.7 Å². The van der Waals surface area contributed by atoms with E-state index in [4.69, 9.17) is 9.31 Å². The summed E-state index contributed by atoms with van der Waals surface area (Å²) in [6.45, 7) is 9.52. The van der Waals surface area contributed by atoms with Gasteiger partial charge in [0.1, 0.15) is 5.82 Å². The summed E-state index contributed by atoms with van der Waals surface area (Å²) in [6.07, 6.45) is -4.93. The molecule has 2 aliphatic heterocycles. The van der Waals surface area contributed by atoms with Crippen LogP contribution in [0.2, 0.25) is 0 Å². The number of carbonyl (C=O) groups is 1. The minimum Gasteiger partial charge on any atom is -0.399 e. The van der Waals surface area contributed by atoms with Crippen molar-refractivity contribution in [3.63, 3.8) is 0 Å². The van der Waals surface area contributed by atoms with Crippen molar-refractivity contribution in [3.05, 3.63) is 23.5 Å². The van der Waals surface area contributed by atoms with E-state index in [1.165, 1.54) is 17.0 Å². The quantitative estimate of drug-likeness (QED) is 0.577. The summed E-state index contributed by atoms with van der Waals surface area (Å²) in [6, 6.07) is 2.13. The lowest BCUT2D eigenvalue weighted by Crippen LogP contribution is -2.41. The number of hydrogen-bond donors (Lipinski definition) is 1. The predicted octanol–water partition coefficient (Wildman–Crippen LogP) is 4.24. The molecule has 1 aromatic carbocycles. The highest BCUT2D eigenvalue weighted by atomic mass is 19.4. The Kier molecular flexibility index (Phi) is 5.88. The highest BCUT2D eigenvalue weighted by molar-refractivity contribution is 6.62. The van der Waals surface area contributed by atoms with Crippen LogP contribution >= 0.6 is 0 Å². The minimum absolute atomic E-state index is 0.0110. The van der Waals surface area contributed by atoms with Gasteiger partial charge in [0, 0.05) is 19.5 Å². The second kappa shape index (κ2) is 7.71. The van der Waals surface area contributed by atoms with Crippen molar-refractivity contribution in [2.45, 2.75) is 64.8 Å². The first-order chi connectivity index (χ1) is 13.7. The molecule has 1 atom stereocenters. The molecule has 1 N–H and O–H groups in total. The van der Waals surface area contributed by atoms with Crippen LogP contribution in [-0.2, 0) is 9.31 Å². The third-order valence-electron chi connectivity index (χ3n) is 6.20. The number of rotatable bonds is 3. The summed E-state index contributed by atoms with van der Waals surface area (Å²) in [7, 11) is -0.728. The lowest BCUT2D eigenvalue weighted by molar-refractivity contribution is -0.143. The van der Waals surface area contributed by atoms with Crippen LogP contribution < -0.4 is 10.8 Å². The van der Waals surface area contributed by atoms with Crippen LogP contribution in [0.25, 0.3) is 0 Å². The number of carbonyl (C=O) groups excluding carboxylic acids is 1. The van der Waals surface area contributed by atoms with Gasteiger partial charge in [-0.2, -0.15) is 13.2 Å². The highest BCUT2D eigenvalue weighted by Crippen LogP contribution is 2.37. The van der Waals surface area contributed by atoms with Gasteiger partial charge in [-0.15, -0.1) is 0 Å². The normalized spacial score (nSPS) is 23.2. The molecular formula is C20H27BF4N2O3. The molecule has 2 amide bonds. The van der Waals surface area contributed by atoms with E-state index in [2.05, 4.69) is 5.32 Å². The molecule has 2 aliphatic rings. The van der Waals surface area contributed by atoms with Crippen molar-refractivity contribution in [1.29, 1.82) is 0 Å². The molecule has 2 heterocycles. The molecule has 3 rings (SSSR count). The van der Waals surface area contributed by atoms with Crippen LogP contribution in [0.4, 0.5) is 28.0 Å². The number of amides is 2. The van der Waals surface area contributed by atoms with E-state index < -0.39 is 48.7 Å². The van der Waals surface area contributed by atoms with Crippen LogP contribution in [-0.4, -0.2) is 48.5 Å². The molecule has 1 unspecified atom stereocenters. The minimum atomic E-state index is -4.27. The summed E-state index contributed by atoms with van der Waals surface area (Å²) in [5.74, 6) is -1.27. The Morgan fingerprint density at radius 3 is 2.40 bits per heavy atom.